The Labute approximate surface area is 133 Å². The Kier molecular flexibility index (Phi) is 4.97. The van der Waals surface area contributed by atoms with Gasteiger partial charge in [0, 0.05) is 25.5 Å². The topological polar surface area (TPSA) is 16.1 Å². The molecule has 0 bridgehead atoms. The highest BCUT2D eigenvalue weighted by atomic mass is 35.5. The molecule has 2 nitrogen and oxygen atoms in total. The largest absolute Gasteiger partial charge is 0.298 e. The highest BCUT2D eigenvalue weighted by molar-refractivity contribution is 6.30. The number of hydrogen-bond acceptors (Lipinski definition) is 2. The summed E-state index contributed by atoms with van der Waals surface area (Å²) in [6.45, 7) is 5.77. The van der Waals surface area contributed by atoms with Crippen LogP contribution >= 0.6 is 11.6 Å². The van der Waals surface area contributed by atoms with Crippen LogP contribution in [0.2, 0.25) is 5.02 Å². The van der Waals surface area contributed by atoms with Crippen molar-refractivity contribution in [1.82, 2.24) is 9.88 Å². The van der Waals surface area contributed by atoms with Gasteiger partial charge in [-0.3, -0.25) is 9.88 Å². The fourth-order valence-corrected chi connectivity index (χ4v) is 3.94. The van der Waals surface area contributed by atoms with Crippen LogP contribution in [0, 0.1) is 11.8 Å². The number of hydrogen-bond donors (Lipinski definition) is 0. The van der Waals surface area contributed by atoms with Crippen molar-refractivity contribution in [3.05, 3.63) is 35.1 Å². The van der Waals surface area contributed by atoms with E-state index in [1.807, 2.05) is 12.3 Å². The average Bonchev–Trinajstić information content (AvgIpc) is 2.98. The smallest absolute Gasteiger partial charge is 0.0595 e. The highest BCUT2D eigenvalue weighted by Crippen LogP contribution is 2.29. The molecule has 1 saturated carbocycles. The molecule has 1 aromatic rings. The summed E-state index contributed by atoms with van der Waals surface area (Å²) in [6, 6.07) is 2.04. The standard InChI is InChI=1S/C18H25ClN2/c1-14-8-17(16-9-18(19)11-20-10-16)13-21(12-14)7-6-15-4-2-3-5-15/h8-11,14-15H,2-7,12-13H2,1H3/t14-/m0/s1. The van der Waals surface area contributed by atoms with Gasteiger partial charge >= 0.3 is 0 Å². The summed E-state index contributed by atoms with van der Waals surface area (Å²) >= 11 is 6.08. The van der Waals surface area contributed by atoms with E-state index in [4.69, 9.17) is 11.6 Å². The first-order chi connectivity index (χ1) is 10.2. The van der Waals surface area contributed by atoms with Crippen LogP contribution in [-0.2, 0) is 0 Å². The highest BCUT2D eigenvalue weighted by Gasteiger charge is 2.21. The predicted molar refractivity (Wildman–Crippen MR) is 89.4 cm³/mol. The molecule has 0 spiro atoms. The minimum absolute atomic E-state index is 0.608. The quantitative estimate of drug-likeness (QED) is 0.805. The van der Waals surface area contributed by atoms with Crippen LogP contribution in [0.4, 0.5) is 0 Å². The Balaban J connectivity index is 1.62. The van der Waals surface area contributed by atoms with E-state index in [1.54, 1.807) is 6.20 Å². The molecule has 3 heteroatoms. The van der Waals surface area contributed by atoms with E-state index in [1.165, 1.54) is 56.3 Å². The van der Waals surface area contributed by atoms with Gasteiger partial charge in [-0.25, -0.2) is 0 Å². The number of rotatable bonds is 4. The van der Waals surface area contributed by atoms with Gasteiger partial charge in [-0.1, -0.05) is 50.3 Å². The molecule has 2 aliphatic rings. The monoisotopic (exact) mass is 304 g/mol. The lowest BCUT2D eigenvalue weighted by Crippen LogP contribution is -2.34. The van der Waals surface area contributed by atoms with Crippen molar-refractivity contribution in [2.45, 2.75) is 39.0 Å². The predicted octanol–water partition coefficient (Wildman–Crippen LogP) is 4.65. The molecule has 114 valence electrons. The van der Waals surface area contributed by atoms with Crippen molar-refractivity contribution in [3.63, 3.8) is 0 Å². The van der Waals surface area contributed by atoms with Gasteiger partial charge < -0.3 is 0 Å². The van der Waals surface area contributed by atoms with Gasteiger partial charge in [0.1, 0.15) is 0 Å². The molecule has 1 aliphatic carbocycles. The summed E-state index contributed by atoms with van der Waals surface area (Å²) in [5.74, 6) is 1.58. The van der Waals surface area contributed by atoms with Gasteiger partial charge in [-0.05, 0) is 42.0 Å². The first kappa shape index (κ1) is 15.1. The molecule has 0 aromatic carbocycles. The van der Waals surface area contributed by atoms with Gasteiger partial charge in [0.05, 0.1) is 5.02 Å². The summed E-state index contributed by atoms with van der Waals surface area (Å²) in [5.41, 5.74) is 2.56. The molecule has 0 radical (unpaired) electrons. The summed E-state index contributed by atoms with van der Waals surface area (Å²) in [7, 11) is 0. The number of aromatic nitrogens is 1. The molecule has 21 heavy (non-hydrogen) atoms. The van der Waals surface area contributed by atoms with Crippen LogP contribution in [0.3, 0.4) is 0 Å². The van der Waals surface area contributed by atoms with Crippen LogP contribution in [0.5, 0.6) is 0 Å². The molecule has 3 rings (SSSR count). The second-order valence-electron chi connectivity index (χ2n) is 6.74. The molecule has 1 aromatic heterocycles. The van der Waals surface area contributed by atoms with Gasteiger partial charge in [0.2, 0.25) is 0 Å². The lowest BCUT2D eigenvalue weighted by Gasteiger charge is -2.31. The van der Waals surface area contributed by atoms with Crippen LogP contribution in [0.1, 0.15) is 44.6 Å². The van der Waals surface area contributed by atoms with Crippen LogP contribution < -0.4 is 0 Å². The first-order valence-corrected chi connectivity index (χ1v) is 8.62. The van der Waals surface area contributed by atoms with Crippen molar-refractivity contribution >= 4 is 17.2 Å². The molecule has 2 heterocycles. The fraction of sp³-hybridized carbons (Fsp3) is 0.611. The van der Waals surface area contributed by atoms with Crippen molar-refractivity contribution < 1.29 is 0 Å². The Bertz CT molecular complexity index is 506. The molecule has 0 saturated heterocycles. The van der Waals surface area contributed by atoms with E-state index < -0.39 is 0 Å². The summed E-state index contributed by atoms with van der Waals surface area (Å²) in [5, 5.41) is 0.726. The Hall–Kier alpha value is -0.860. The zero-order valence-electron chi connectivity index (χ0n) is 12.9. The minimum atomic E-state index is 0.608. The third kappa shape index (κ3) is 4.08. The van der Waals surface area contributed by atoms with Crippen molar-refractivity contribution in [2.24, 2.45) is 11.8 Å². The normalized spacial score (nSPS) is 24.3. The second kappa shape index (κ2) is 6.93. The van der Waals surface area contributed by atoms with Crippen molar-refractivity contribution in [3.8, 4) is 0 Å². The van der Waals surface area contributed by atoms with E-state index >= 15 is 0 Å². The van der Waals surface area contributed by atoms with Crippen LogP contribution in [0.25, 0.3) is 5.57 Å². The molecule has 1 aliphatic heterocycles. The third-order valence-electron chi connectivity index (χ3n) is 4.83. The average molecular weight is 305 g/mol. The van der Waals surface area contributed by atoms with E-state index in [0.29, 0.717) is 5.92 Å². The molecule has 0 amide bonds. The minimum Gasteiger partial charge on any atom is -0.298 e. The summed E-state index contributed by atoms with van der Waals surface area (Å²) < 4.78 is 0. The zero-order chi connectivity index (χ0) is 14.7. The van der Waals surface area contributed by atoms with Crippen molar-refractivity contribution in [2.75, 3.05) is 19.6 Å². The maximum absolute atomic E-state index is 6.08. The molecule has 0 N–H and O–H groups in total. The zero-order valence-corrected chi connectivity index (χ0v) is 13.6. The SMILES string of the molecule is C[C@H]1C=C(c2cncc(Cl)c2)CN(CCC2CCCC2)C1. The number of pyridine rings is 1. The molecule has 0 unspecified atom stereocenters. The molecular formula is C18H25ClN2. The van der Waals surface area contributed by atoms with Crippen molar-refractivity contribution in [1.29, 1.82) is 0 Å². The maximum Gasteiger partial charge on any atom is 0.0595 e. The third-order valence-corrected chi connectivity index (χ3v) is 5.04. The summed E-state index contributed by atoms with van der Waals surface area (Å²) in [4.78, 5) is 6.84. The lowest BCUT2D eigenvalue weighted by molar-refractivity contribution is 0.251. The molecule has 1 fully saturated rings. The van der Waals surface area contributed by atoms with Gasteiger partial charge in [-0.2, -0.15) is 0 Å². The van der Waals surface area contributed by atoms with Gasteiger partial charge in [0.25, 0.3) is 0 Å². The van der Waals surface area contributed by atoms with E-state index in [9.17, 15) is 0 Å². The fourth-order valence-electron chi connectivity index (χ4n) is 3.77. The van der Waals surface area contributed by atoms with E-state index in [-0.39, 0.29) is 0 Å². The Morgan fingerprint density at radius 3 is 2.86 bits per heavy atom. The summed E-state index contributed by atoms with van der Waals surface area (Å²) in [6.07, 6.45) is 13.2. The molecular weight excluding hydrogens is 280 g/mol. The van der Waals surface area contributed by atoms with Crippen LogP contribution in [0.15, 0.2) is 24.5 Å². The lowest BCUT2D eigenvalue weighted by atomic mass is 9.96. The number of halogens is 1. The second-order valence-corrected chi connectivity index (χ2v) is 7.17. The van der Waals surface area contributed by atoms with Gasteiger partial charge in [0.15, 0.2) is 0 Å². The first-order valence-electron chi connectivity index (χ1n) is 8.24. The van der Waals surface area contributed by atoms with E-state index in [2.05, 4.69) is 22.9 Å². The number of nitrogens with zero attached hydrogens (tertiary/aromatic N) is 2. The van der Waals surface area contributed by atoms with E-state index in [0.717, 1.165) is 17.5 Å². The molecule has 1 atom stereocenters. The Morgan fingerprint density at radius 2 is 2.10 bits per heavy atom. The van der Waals surface area contributed by atoms with Gasteiger partial charge in [-0.15, -0.1) is 0 Å². The maximum atomic E-state index is 6.08. The van der Waals surface area contributed by atoms with Crippen LogP contribution in [-0.4, -0.2) is 29.5 Å². The Morgan fingerprint density at radius 1 is 1.29 bits per heavy atom.